The molecule has 1 aromatic carbocycles. The summed E-state index contributed by atoms with van der Waals surface area (Å²) in [6.45, 7) is 3.65. The highest BCUT2D eigenvalue weighted by Crippen LogP contribution is 2.32. The Balaban J connectivity index is 1.44. The smallest absolute Gasteiger partial charge is 0.252 e. The van der Waals surface area contributed by atoms with E-state index in [0.717, 1.165) is 11.3 Å². The van der Waals surface area contributed by atoms with E-state index < -0.39 is 15.6 Å². The molecule has 4 rings (SSSR count). The van der Waals surface area contributed by atoms with Gasteiger partial charge in [-0.15, -0.1) is 11.3 Å². The Bertz CT molecular complexity index is 1150. The number of nitrogens with one attached hydrogen (secondary N) is 2. The van der Waals surface area contributed by atoms with Gasteiger partial charge >= 0.3 is 0 Å². The summed E-state index contributed by atoms with van der Waals surface area (Å²) in [5.74, 6) is -0.251. The zero-order valence-corrected chi connectivity index (χ0v) is 18.1. The summed E-state index contributed by atoms with van der Waals surface area (Å²) in [6.07, 6.45) is 6.25. The van der Waals surface area contributed by atoms with Gasteiger partial charge in [0.2, 0.25) is 10.0 Å². The number of carbonyl (C=O) groups excluding carboxylic acids is 1. The van der Waals surface area contributed by atoms with Crippen LogP contribution in [0.15, 0.2) is 48.2 Å². The fraction of sp³-hybridized carbons (Fsp3) is 0.300. The van der Waals surface area contributed by atoms with Crippen molar-refractivity contribution in [1.82, 2.24) is 20.3 Å². The Morgan fingerprint density at radius 3 is 2.53 bits per heavy atom. The fourth-order valence-electron chi connectivity index (χ4n) is 2.85. The molecule has 3 aromatic rings. The van der Waals surface area contributed by atoms with Crippen molar-refractivity contribution in [2.24, 2.45) is 0 Å². The SMILES string of the molecule is CC(C)(NC(=O)c1ccc(-c2cnccn2)cc1)c1csc(NS(=O)(=O)C2CC2)n1. The molecule has 2 aromatic heterocycles. The minimum atomic E-state index is -3.36. The molecule has 0 spiro atoms. The maximum absolute atomic E-state index is 12.7. The van der Waals surface area contributed by atoms with E-state index in [9.17, 15) is 13.2 Å². The van der Waals surface area contributed by atoms with Gasteiger partial charge in [-0.1, -0.05) is 12.1 Å². The summed E-state index contributed by atoms with van der Waals surface area (Å²) in [4.78, 5) is 25.4. The van der Waals surface area contributed by atoms with Gasteiger partial charge in [-0.05, 0) is 38.8 Å². The number of thiazole rings is 1. The van der Waals surface area contributed by atoms with Gasteiger partial charge in [0, 0.05) is 28.9 Å². The third-order valence-electron chi connectivity index (χ3n) is 4.77. The van der Waals surface area contributed by atoms with Gasteiger partial charge in [-0.2, -0.15) is 0 Å². The molecule has 10 heteroatoms. The molecule has 1 aliphatic rings. The van der Waals surface area contributed by atoms with Gasteiger partial charge in [0.15, 0.2) is 5.13 Å². The third-order valence-corrected chi connectivity index (χ3v) is 7.48. The van der Waals surface area contributed by atoms with Gasteiger partial charge in [-0.3, -0.25) is 19.5 Å². The lowest BCUT2D eigenvalue weighted by Gasteiger charge is -2.24. The van der Waals surface area contributed by atoms with E-state index in [-0.39, 0.29) is 11.2 Å². The Morgan fingerprint density at radius 2 is 1.90 bits per heavy atom. The zero-order chi connectivity index (χ0) is 21.4. The predicted octanol–water partition coefficient (Wildman–Crippen LogP) is 3.17. The van der Waals surface area contributed by atoms with Gasteiger partial charge in [0.1, 0.15) is 0 Å². The molecular formula is C20H21N5O3S2. The van der Waals surface area contributed by atoms with Crippen LogP contribution in [0.25, 0.3) is 11.3 Å². The topological polar surface area (TPSA) is 114 Å². The van der Waals surface area contributed by atoms with Crippen LogP contribution in [0.2, 0.25) is 0 Å². The first-order valence-electron chi connectivity index (χ1n) is 9.41. The number of anilines is 1. The Morgan fingerprint density at radius 1 is 1.17 bits per heavy atom. The molecule has 1 aliphatic carbocycles. The van der Waals surface area contributed by atoms with Crippen LogP contribution in [0.4, 0.5) is 5.13 Å². The average Bonchev–Trinajstić information content (AvgIpc) is 3.49. The first kappa shape index (κ1) is 20.4. The summed E-state index contributed by atoms with van der Waals surface area (Å²) < 4.78 is 26.7. The first-order valence-corrected chi connectivity index (χ1v) is 11.8. The van der Waals surface area contributed by atoms with E-state index in [2.05, 4.69) is 25.0 Å². The van der Waals surface area contributed by atoms with Crippen LogP contribution in [0.3, 0.4) is 0 Å². The molecule has 0 saturated heterocycles. The summed E-state index contributed by atoms with van der Waals surface area (Å²) in [6, 6.07) is 7.09. The van der Waals surface area contributed by atoms with E-state index in [1.807, 2.05) is 26.0 Å². The van der Waals surface area contributed by atoms with E-state index in [4.69, 9.17) is 0 Å². The third kappa shape index (κ3) is 4.49. The highest BCUT2D eigenvalue weighted by Gasteiger charge is 2.36. The lowest BCUT2D eigenvalue weighted by molar-refractivity contribution is 0.0910. The number of nitrogens with zero attached hydrogens (tertiary/aromatic N) is 3. The minimum Gasteiger partial charge on any atom is -0.341 e. The second kappa shape index (κ2) is 7.77. The molecular weight excluding hydrogens is 422 g/mol. The van der Waals surface area contributed by atoms with Crippen LogP contribution in [-0.2, 0) is 15.6 Å². The van der Waals surface area contributed by atoms with Crippen LogP contribution < -0.4 is 10.0 Å². The van der Waals surface area contributed by atoms with Crippen molar-refractivity contribution in [3.63, 3.8) is 0 Å². The molecule has 0 atom stereocenters. The molecule has 8 nitrogen and oxygen atoms in total. The summed E-state index contributed by atoms with van der Waals surface area (Å²) in [5.41, 5.74) is 1.91. The molecule has 1 saturated carbocycles. The number of rotatable bonds is 7. The van der Waals surface area contributed by atoms with E-state index in [1.165, 1.54) is 11.3 Å². The second-order valence-corrected chi connectivity index (χ2v) is 10.5. The monoisotopic (exact) mass is 443 g/mol. The number of benzene rings is 1. The van der Waals surface area contributed by atoms with Crippen LogP contribution in [0.1, 0.15) is 42.7 Å². The van der Waals surface area contributed by atoms with Gasteiger partial charge < -0.3 is 5.32 Å². The quantitative estimate of drug-likeness (QED) is 0.580. The van der Waals surface area contributed by atoms with Crippen LogP contribution in [0.5, 0.6) is 0 Å². The summed E-state index contributed by atoms with van der Waals surface area (Å²) >= 11 is 1.21. The number of carbonyl (C=O) groups is 1. The van der Waals surface area contributed by atoms with Crippen LogP contribution in [-0.4, -0.2) is 34.5 Å². The molecule has 1 fully saturated rings. The molecule has 30 heavy (non-hydrogen) atoms. The largest absolute Gasteiger partial charge is 0.341 e. The number of hydrogen-bond donors (Lipinski definition) is 2. The van der Waals surface area contributed by atoms with Crippen LogP contribution in [0, 0.1) is 0 Å². The molecule has 156 valence electrons. The predicted molar refractivity (Wildman–Crippen MR) is 116 cm³/mol. The average molecular weight is 444 g/mol. The van der Waals surface area contributed by atoms with E-state index in [0.29, 0.717) is 29.2 Å². The Labute approximate surface area is 178 Å². The molecule has 0 radical (unpaired) electrons. The molecule has 0 unspecified atom stereocenters. The van der Waals surface area contributed by atoms with Gasteiger partial charge in [0.25, 0.3) is 5.91 Å². The van der Waals surface area contributed by atoms with Crippen molar-refractivity contribution in [2.75, 3.05) is 4.72 Å². The summed E-state index contributed by atoms with van der Waals surface area (Å²) in [7, 11) is -3.36. The Hall–Kier alpha value is -2.85. The van der Waals surface area contributed by atoms with Crippen molar-refractivity contribution >= 4 is 32.4 Å². The molecule has 0 aliphatic heterocycles. The molecule has 2 N–H and O–H groups in total. The Kier molecular flexibility index (Phi) is 5.29. The molecule has 2 heterocycles. The van der Waals surface area contributed by atoms with Gasteiger partial charge in [0.05, 0.1) is 28.4 Å². The lowest BCUT2D eigenvalue weighted by atomic mass is 10.0. The van der Waals surface area contributed by atoms with Crippen molar-refractivity contribution in [3.05, 3.63) is 59.5 Å². The first-order chi connectivity index (χ1) is 14.2. The normalized spacial score (nSPS) is 14.3. The molecule has 0 bridgehead atoms. The maximum Gasteiger partial charge on any atom is 0.252 e. The number of aromatic nitrogens is 3. The highest BCUT2D eigenvalue weighted by molar-refractivity contribution is 7.93. The lowest BCUT2D eigenvalue weighted by Crippen LogP contribution is -2.41. The fourth-order valence-corrected chi connectivity index (χ4v) is 5.33. The zero-order valence-electron chi connectivity index (χ0n) is 16.5. The highest BCUT2D eigenvalue weighted by atomic mass is 32.2. The van der Waals surface area contributed by atoms with Crippen LogP contribution >= 0.6 is 11.3 Å². The minimum absolute atomic E-state index is 0.251. The van der Waals surface area contributed by atoms with E-state index in [1.54, 1.807) is 36.1 Å². The standard InChI is InChI=1S/C20H21N5O3S2/c1-20(2,17-12-29-19(23-17)25-30(27,28)15-7-8-15)24-18(26)14-5-3-13(4-6-14)16-11-21-9-10-22-16/h3-6,9-12,15H,7-8H2,1-2H3,(H,23,25)(H,24,26). The van der Waals surface area contributed by atoms with Gasteiger partial charge in [-0.25, -0.2) is 13.4 Å². The number of amides is 1. The number of hydrogen-bond acceptors (Lipinski definition) is 7. The maximum atomic E-state index is 12.7. The van der Waals surface area contributed by atoms with Crippen molar-refractivity contribution < 1.29 is 13.2 Å². The van der Waals surface area contributed by atoms with E-state index >= 15 is 0 Å². The van der Waals surface area contributed by atoms with Crippen molar-refractivity contribution in [3.8, 4) is 11.3 Å². The number of sulfonamides is 1. The van der Waals surface area contributed by atoms with Crippen molar-refractivity contribution in [1.29, 1.82) is 0 Å². The summed E-state index contributed by atoms with van der Waals surface area (Å²) in [5, 5.41) is 4.71. The van der Waals surface area contributed by atoms with Crippen molar-refractivity contribution in [2.45, 2.75) is 37.5 Å². The second-order valence-electron chi connectivity index (χ2n) is 7.63. The molecule has 1 amide bonds.